The van der Waals surface area contributed by atoms with Crippen molar-refractivity contribution in [3.05, 3.63) is 67.5 Å². The van der Waals surface area contributed by atoms with Crippen LogP contribution in [0.5, 0.6) is 0 Å². The first-order chi connectivity index (χ1) is 10.8. The Hall–Kier alpha value is -2.77. The third kappa shape index (κ3) is 4.60. The van der Waals surface area contributed by atoms with Gasteiger partial charge in [0, 0.05) is 30.3 Å². The topological polar surface area (TPSA) is 94.8 Å². The highest BCUT2D eigenvalue weighted by molar-refractivity contribution is 5.76. The number of carbonyl (C=O) groups is 1. The van der Waals surface area contributed by atoms with E-state index in [0.717, 1.165) is 18.2 Å². The van der Waals surface area contributed by atoms with Crippen molar-refractivity contribution in [1.29, 1.82) is 0 Å². The van der Waals surface area contributed by atoms with E-state index in [9.17, 15) is 23.2 Å². The summed E-state index contributed by atoms with van der Waals surface area (Å²) in [5.74, 6) is -1.81. The summed E-state index contributed by atoms with van der Waals surface area (Å²) in [4.78, 5) is 39.0. The van der Waals surface area contributed by atoms with Gasteiger partial charge >= 0.3 is 5.69 Å². The largest absolute Gasteiger partial charge is 0.352 e. The number of carbonyl (C=O) groups excluding carboxylic acids is 1. The second-order valence-electron chi connectivity index (χ2n) is 5.07. The Balaban J connectivity index is 1.93. The molecule has 0 bridgehead atoms. The average molecular weight is 323 g/mol. The first-order valence-corrected chi connectivity index (χ1v) is 6.89. The van der Waals surface area contributed by atoms with Crippen molar-refractivity contribution in [2.24, 2.45) is 0 Å². The third-order valence-corrected chi connectivity index (χ3v) is 3.27. The molecule has 0 saturated heterocycles. The number of rotatable bonds is 5. The highest BCUT2D eigenvalue weighted by atomic mass is 19.1. The van der Waals surface area contributed by atoms with Crippen molar-refractivity contribution in [3.63, 3.8) is 0 Å². The molecule has 0 spiro atoms. The van der Waals surface area contributed by atoms with Crippen LogP contribution in [0, 0.1) is 18.6 Å². The van der Waals surface area contributed by atoms with E-state index in [0.29, 0.717) is 16.8 Å². The van der Waals surface area contributed by atoms with Crippen molar-refractivity contribution in [2.45, 2.75) is 26.3 Å². The number of H-pyrrole nitrogens is 2. The van der Waals surface area contributed by atoms with Crippen LogP contribution < -0.4 is 16.6 Å². The molecule has 0 fully saturated rings. The van der Waals surface area contributed by atoms with Crippen LogP contribution in [-0.2, 0) is 17.8 Å². The van der Waals surface area contributed by atoms with E-state index >= 15 is 0 Å². The summed E-state index contributed by atoms with van der Waals surface area (Å²) in [5.41, 5.74) is -0.121. The maximum Gasteiger partial charge on any atom is 0.325 e. The molecule has 1 aromatic carbocycles. The minimum Gasteiger partial charge on any atom is -0.352 e. The molecule has 2 rings (SSSR count). The molecule has 0 atom stereocenters. The Morgan fingerprint density at radius 3 is 2.39 bits per heavy atom. The van der Waals surface area contributed by atoms with E-state index in [-0.39, 0.29) is 25.3 Å². The Morgan fingerprint density at radius 1 is 1.13 bits per heavy atom. The summed E-state index contributed by atoms with van der Waals surface area (Å²) in [7, 11) is 0. The summed E-state index contributed by atoms with van der Waals surface area (Å²) >= 11 is 0. The van der Waals surface area contributed by atoms with Gasteiger partial charge in [-0.05, 0) is 31.0 Å². The monoisotopic (exact) mass is 323 g/mol. The predicted octanol–water partition coefficient (Wildman–Crippen LogP) is 0.899. The lowest BCUT2D eigenvalue weighted by Gasteiger charge is -2.07. The lowest BCUT2D eigenvalue weighted by Crippen LogP contribution is -2.29. The van der Waals surface area contributed by atoms with Gasteiger partial charge in [-0.25, -0.2) is 13.6 Å². The Bertz CT molecular complexity index is 822. The molecular formula is C15H15F2N3O3. The first-order valence-electron chi connectivity index (χ1n) is 6.89. The van der Waals surface area contributed by atoms with Crippen molar-refractivity contribution < 1.29 is 13.6 Å². The molecule has 0 saturated carbocycles. The fourth-order valence-corrected chi connectivity index (χ4v) is 2.17. The van der Waals surface area contributed by atoms with Crippen LogP contribution in [0.15, 0.2) is 27.8 Å². The molecule has 122 valence electrons. The van der Waals surface area contributed by atoms with E-state index in [1.54, 1.807) is 6.92 Å². The third-order valence-electron chi connectivity index (χ3n) is 3.27. The van der Waals surface area contributed by atoms with Crippen LogP contribution in [0.2, 0.25) is 0 Å². The number of hydrogen-bond donors (Lipinski definition) is 3. The van der Waals surface area contributed by atoms with E-state index < -0.39 is 22.9 Å². The van der Waals surface area contributed by atoms with Crippen molar-refractivity contribution >= 4 is 5.91 Å². The summed E-state index contributed by atoms with van der Waals surface area (Å²) in [6, 6.07) is 3.00. The fraction of sp³-hybridized carbons (Fsp3) is 0.267. The van der Waals surface area contributed by atoms with Crippen LogP contribution in [-0.4, -0.2) is 15.9 Å². The molecular weight excluding hydrogens is 308 g/mol. The van der Waals surface area contributed by atoms with Gasteiger partial charge < -0.3 is 10.3 Å². The molecule has 1 heterocycles. The molecule has 1 amide bonds. The Morgan fingerprint density at radius 2 is 1.78 bits per heavy atom. The zero-order valence-corrected chi connectivity index (χ0v) is 12.3. The van der Waals surface area contributed by atoms with Crippen LogP contribution in [0.4, 0.5) is 8.78 Å². The smallest absolute Gasteiger partial charge is 0.325 e. The number of aromatic nitrogens is 2. The highest BCUT2D eigenvalue weighted by Crippen LogP contribution is 2.08. The maximum absolute atomic E-state index is 13.0. The van der Waals surface area contributed by atoms with Crippen LogP contribution >= 0.6 is 0 Å². The van der Waals surface area contributed by atoms with E-state index in [1.807, 2.05) is 0 Å². The Labute approximate surface area is 129 Å². The molecule has 0 aliphatic carbocycles. The average Bonchev–Trinajstić information content (AvgIpc) is 2.43. The van der Waals surface area contributed by atoms with Gasteiger partial charge in [-0.2, -0.15) is 0 Å². The van der Waals surface area contributed by atoms with Crippen LogP contribution in [0.1, 0.15) is 23.2 Å². The van der Waals surface area contributed by atoms with Crippen molar-refractivity contribution in [2.75, 3.05) is 0 Å². The standard InChI is InChI=1S/C15H15F2N3O3/c1-8-12(14(22)20-15(23)19-8)2-3-13(21)18-7-9-4-10(16)6-11(17)5-9/h4-6H,2-3,7H2,1H3,(H,18,21)(H2,19,20,22,23). The van der Waals surface area contributed by atoms with Gasteiger partial charge in [0.2, 0.25) is 5.91 Å². The zero-order chi connectivity index (χ0) is 17.0. The lowest BCUT2D eigenvalue weighted by atomic mass is 10.1. The number of amides is 1. The summed E-state index contributed by atoms with van der Waals surface area (Å²) < 4.78 is 26.0. The number of benzene rings is 1. The summed E-state index contributed by atoms with van der Waals surface area (Å²) in [5, 5.41) is 2.52. The minimum absolute atomic E-state index is 0.00770. The molecule has 1 aromatic heterocycles. The van der Waals surface area contributed by atoms with Crippen molar-refractivity contribution in [3.8, 4) is 0 Å². The first kappa shape index (κ1) is 16.6. The number of halogens is 2. The van der Waals surface area contributed by atoms with Gasteiger partial charge in [0.25, 0.3) is 5.56 Å². The number of nitrogens with one attached hydrogen (secondary N) is 3. The number of aromatic amines is 2. The van der Waals surface area contributed by atoms with Crippen LogP contribution in [0.25, 0.3) is 0 Å². The van der Waals surface area contributed by atoms with Gasteiger partial charge in [-0.3, -0.25) is 14.6 Å². The molecule has 23 heavy (non-hydrogen) atoms. The van der Waals surface area contributed by atoms with Gasteiger partial charge in [0.15, 0.2) is 0 Å². The highest BCUT2D eigenvalue weighted by Gasteiger charge is 2.09. The number of hydrogen-bond acceptors (Lipinski definition) is 3. The zero-order valence-electron chi connectivity index (χ0n) is 12.3. The lowest BCUT2D eigenvalue weighted by molar-refractivity contribution is -0.121. The molecule has 0 aliphatic heterocycles. The van der Waals surface area contributed by atoms with Gasteiger partial charge in [-0.15, -0.1) is 0 Å². The quantitative estimate of drug-likeness (QED) is 0.763. The SMILES string of the molecule is Cc1[nH]c(=O)[nH]c(=O)c1CCC(=O)NCc1cc(F)cc(F)c1. The van der Waals surface area contributed by atoms with E-state index in [4.69, 9.17) is 0 Å². The second-order valence-corrected chi connectivity index (χ2v) is 5.07. The van der Waals surface area contributed by atoms with Crippen molar-refractivity contribution in [1.82, 2.24) is 15.3 Å². The van der Waals surface area contributed by atoms with E-state index in [1.165, 1.54) is 0 Å². The summed E-state index contributed by atoms with van der Waals surface area (Å²) in [6.45, 7) is 1.55. The summed E-state index contributed by atoms with van der Waals surface area (Å²) in [6.07, 6.45) is 0.148. The molecule has 8 heteroatoms. The normalized spacial score (nSPS) is 10.6. The Kier molecular flexibility index (Phi) is 5.05. The predicted molar refractivity (Wildman–Crippen MR) is 78.9 cm³/mol. The molecule has 0 radical (unpaired) electrons. The van der Waals surface area contributed by atoms with Crippen LogP contribution in [0.3, 0.4) is 0 Å². The number of aryl methyl sites for hydroxylation is 1. The molecule has 0 unspecified atom stereocenters. The van der Waals surface area contributed by atoms with Gasteiger partial charge in [0.05, 0.1) is 0 Å². The van der Waals surface area contributed by atoms with E-state index in [2.05, 4.69) is 15.3 Å². The fourth-order valence-electron chi connectivity index (χ4n) is 2.17. The molecule has 2 aromatic rings. The second kappa shape index (κ2) is 6.99. The minimum atomic E-state index is -0.718. The maximum atomic E-state index is 13.0. The van der Waals surface area contributed by atoms with Gasteiger partial charge in [-0.1, -0.05) is 0 Å². The molecule has 0 aliphatic rings. The molecule has 3 N–H and O–H groups in total. The molecule has 6 nitrogen and oxygen atoms in total. The van der Waals surface area contributed by atoms with Gasteiger partial charge in [0.1, 0.15) is 11.6 Å².